The molecule has 2 N–H and O–H groups in total. The Bertz CT molecular complexity index is 876. The van der Waals surface area contributed by atoms with Gasteiger partial charge in [0, 0.05) is 0 Å². The molecule has 0 saturated carbocycles. The summed E-state index contributed by atoms with van der Waals surface area (Å²) in [4.78, 5) is 12.3. The Morgan fingerprint density at radius 1 is 1.04 bits per heavy atom. The van der Waals surface area contributed by atoms with E-state index in [0.29, 0.717) is 11.4 Å². The van der Waals surface area contributed by atoms with Crippen LogP contribution in [0.3, 0.4) is 0 Å². The molecule has 1 amide bonds. The van der Waals surface area contributed by atoms with Crippen LogP contribution in [0.1, 0.15) is 23.1 Å². The van der Waals surface area contributed by atoms with Gasteiger partial charge in [-0.25, -0.2) is 8.42 Å². The number of para-hydroxylation sites is 2. The lowest BCUT2D eigenvalue weighted by Crippen LogP contribution is -2.17. The molecule has 0 radical (unpaired) electrons. The average Bonchev–Trinajstić information content (AvgIpc) is 2.95. The Hall–Kier alpha value is -2.34. The molecule has 0 unspecified atom stereocenters. The number of hydrogen-bond acceptors (Lipinski definition) is 3. The normalized spacial score (nSPS) is 13.4. The zero-order chi connectivity index (χ0) is 17.2. The number of sulfonamides is 1. The van der Waals surface area contributed by atoms with Crippen molar-refractivity contribution in [1.82, 2.24) is 0 Å². The van der Waals surface area contributed by atoms with Crippen LogP contribution >= 0.6 is 0 Å². The number of carbonyl (C=O) groups is 1. The minimum Gasteiger partial charge on any atom is -0.324 e. The van der Waals surface area contributed by atoms with Crippen LogP contribution in [0.4, 0.5) is 11.4 Å². The largest absolute Gasteiger partial charge is 0.324 e. The van der Waals surface area contributed by atoms with Gasteiger partial charge in [0.05, 0.1) is 24.1 Å². The lowest BCUT2D eigenvalue weighted by molar-refractivity contribution is -0.115. The number of amides is 1. The third kappa shape index (κ3) is 4.14. The summed E-state index contributed by atoms with van der Waals surface area (Å²) in [6.07, 6.45) is 4.71. The molecule has 0 aromatic heterocycles. The molecule has 2 aromatic rings. The summed E-state index contributed by atoms with van der Waals surface area (Å²) < 4.78 is 25.2. The number of hydrogen-bond donors (Lipinski definition) is 2. The Morgan fingerprint density at radius 3 is 2.50 bits per heavy atom. The van der Waals surface area contributed by atoms with Crippen LogP contribution in [0.2, 0.25) is 0 Å². The van der Waals surface area contributed by atoms with E-state index in [4.69, 9.17) is 0 Å². The van der Waals surface area contributed by atoms with Crippen molar-refractivity contribution in [1.29, 1.82) is 0 Å². The molecular weight excluding hydrogens is 324 g/mol. The summed E-state index contributed by atoms with van der Waals surface area (Å²) in [7, 11) is -3.40. The SMILES string of the molecule is CS(=O)(=O)Nc1ccccc1NC(=O)Cc1ccc2c(c1)CCC2. The van der Waals surface area contributed by atoms with Crippen LogP contribution in [0, 0.1) is 0 Å². The molecule has 0 heterocycles. The van der Waals surface area contributed by atoms with E-state index in [1.54, 1.807) is 24.3 Å². The molecule has 0 bridgehead atoms. The van der Waals surface area contributed by atoms with Gasteiger partial charge in [-0.2, -0.15) is 0 Å². The lowest BCUT2D eigenvalue weighted by Gasteiger charge is -2.12. The van der Waals surface area contributed by atoms with E-state index in [2.05, 4.69) is 22.2 Å². The van der Waals surface area contributed by atoms with E-state index in [-0.39, 0.29) is 12.3 Å². The van der Waals surface area contributed by atoms with Gasteiger partial charge >= 0.3 is 0 Å². The molecule has 2 aromatic carbocycles. The number of nitrogens with one attached hydrogen (secondary N) is 2. The molecule has 0 aliphatic heterocycles. The maximum absolute atomic E-state index is 12.3. The van der Waals surface area contributed by atoms with Crippen LogP contribution < -0.4 is 10.0 Å². The Kier molecular flexibility index (Phi) is 4.57. The summed E-state index contributed by atoms with van der Waals surface area (Å²) >= 11 is 0. The maximum atomic E-state index is 12.3. The van der Waals surface area contributed by atoms with Crippen molar-refractivity contribution >= 4 is 27.3 Å². The highest BCUT2D eigenvalue weighted by atomic mass is 32.2. The van der Waals surface area contributed by atoms with Crippen LogP contribution in [0.25, 0.3) is 0 Å². The summed E-state index contributed by atoms with van der Waals surface area (Å²) in [6, 6.07) is 12.9. The highest BCUT2D eigenvalue weighted by molar-refractivity contribution is 7.92. The first-order chi connectivity index (χ1) is 11.4. The minimum absolute atomic E-state index is 0.171. The van der Waals surface area contributed by atoms with Gasteiger partial charge in [-0.15, -0.1) is 0 Å². The number of aryl methyl sites for hydroxylation is 2. The minimum atomic E-state index is -3.40. The van der Waals surface area contributed by atoms with Gasteiger partial charge in [-0.05, 0) is 48.1 Å². The Morgan fingerprint density at radius 2 is 1.75 bits per heavy atom. The molecule has 24 heavy (non-hydrogen) atoms. The monoisotopic (exact) mass is 344 g/mol. The van der Waals surface area contributed by atoms with Crippen molar-refractivity contribution in [2.24, 2.45) is 0 Å². The van der Waals surface area contributed by atoms with Crippen LogP contribution in [0.15, 0.2) is 42.5 Å². The average molecular weight is 344 g/mol. The highest BCUT2D eigenvalue weighted by Crippen LogP contribution is 2.24. The Labute approximate surface area is 142 Å². The first kappa shape index (κ1) is 16.5. The van der Waals surface area contributed by atoms with Crippen LogP contribution in [0.5, 0.6) is 0 Å². The van der Waals surface area contributed by atoms with Gasteiger partial charge < -0.3 is 5.32 Å². The molecule has 1 aliphatic rings. The van der Waals surface area contributed by atoms with E-state index in [1.807, 2.05) is 6.07 Å². The molecule has 5 nitrogen and oxygen atoms in total. The van der Waals surface area contributed by atoms with Crippen molar-refractivity contribution in [2.75, 3.05) is 16.3 Å². The fourth-order valence-corrected chi connectivity index (χ4v) is 3.57. The molecule has 0 saturated heterocycles. The topological polar surface area (TPSA) is 75.3 Å². The van der Waals surface area contributed by atoms with E-state index in [1.165, 1.54) is 17.5 Å². The molecule has 126 valence electrons. The summed E-state index contributed by atoms with van der Waals surface area (Å²) in [6.45, 7) is 0. The van der Waals surface area contributed by atoms with Gasteiger partial charge in [0.2, 0.25) is 15.9 Å². The summed E-state index contributed by atoms with van der Waals surface area (Å²) in [5.74, 6) is -0.171. The molecular formula is C18H20N2O3S. The standard InChI is InChI=1S/C18H20N2O3S/c1-24(22,23)20-17-8-3-2-7-16(17)19-18(21)12-13-9-10-14-5-4-6-15(14)11-13/h2-3,7-11,20H,4-6,12H2,1H3,(H,19,21). The molecule has 1 aliphatic carbocycles. The number of rotatable bonds is 5. The number of anilines is 2. The molecule has 6 heteroatoms. The van der Waals surface area contributed by atoms with E-state index in [0.717, 1.165) is 24.7 Å². The number of benzene rings is 2. The van der Waals surface area contributed by atoms with Gasteiger partial charge in [-0.1, -0.05) is 30.3 Å². The van der Waals surface area contributed by atoms with Crippen molar-refractivity contribution in [2.45, 2.75) is 25.7 Å². The third-order valence-corrected chi connectivity index (χ3v) is 4.61. The number of fused-ring (bicyclic) bond motifs is 1. The predicted molar refractivity (Wildman–Crippen MR) is 95.7 cm³/mol. The zero-order valence-corrected chi connectivity index (χ0v) is 14.3. The smallest absolute Gasteiger partial charge is 0.229 e. The van der Waals surface area contributed by atoms with Crippen molar-refractivity contribution in [3.63, 3.8) is 0 Å². The fraction of sp³-hybridized carbons (Fsp3) is 0.278. The second-order valence-electron chi connectivity index (χ2n) is 6.10. The van der Waals surface area contributed by atoms with Gasteiger partial charge in [0.25, 0.3) is 0 Å². The molecule has 0 spiro atoms. The number of carbonyl (C=O) groups excluding carboxylic acids is 1. The predicted octanol–water partition coefficient (Wildman–Crippen LogP) is 2.73. The summed E-state index contributed by atoms with van der Waals surface area (Å²) in [5.41, 5.74) is 4.50. The van der Waals surface area contributed by atoms with Crippen molar-refractivity contribution < 1.29 is 13.2 Å². The fourth-order valence-electron chi connectivity index (χ4n) is 3.00. The maximum Gasteiger partial charge on any atom is 0.229 e. The van der Waals surface area contributed by atoms with Crippen LogP contribution in [-0.4, -0.2) is 20.6 Å². The molecule has 0 fully saturated rings. The second-order valence-corrected chi connectivity index (χ2v) is 7.85. The molecule has 0 atom stereocenters. The second kappa shape index (κ2) is 6.65. The van der Waals surface area contributed by atoms with Crippen LogP contribution in [-0.2, 0) is 34.1 Å². The lowest BCUT2D eigenvalue weighted by atomic mass is 10.0. The summed E-state index contributed by atoms with van der Waals surface area (Å²) in [5, 5.41) is 2.78. The quantitative estimate of drug-likeness (QED) is 0.876. The van der Waals surface area contributed by atoms with Crippen molar-refractivity contribution in [3.8, 4) is 0 Å². The third-order valence-electron chi connectivity index (χ3n) is 4.02. The molecule has 3 rings (SSSR count). The van der Waals surface area contributed by atoms with E-state index in [9.17, 15) is 13.2 Å². The zero-order valence-electron chi connectivity index (χ0n) is 13.5. The first-order valence-corrected chi connectivity index (χ1v) is 9.77. The first-order valence-electron chi connectivity index (χ1n) is 7.88. The van der Waals surface area contributed by atoms with E-state index >= 15 is 0 Å². The Balaban J connectivity index is 1.71. The van der Waals surface area contributed by atoms with E-state index < -0.39 is 10.0 Å². The highest BCUT2D eigenvalue weighted by Gasteiger charge is 2.13. The van der Waals surface area contributed by atoms with Gasteiger partial charge in [0.1, 0.15) is 0 Å². The van der Waals surface area contributed by atoms with Gasteiger partial charge in [0.15, 0.2) is 0 Å². The van der Waals surface area contributed by atoms with Crippen molar-refractivity contribution in [3.05, 3.63) is 59.2 Å². The van der Waals surface area contributed by atoms with Gasteiger partial charge in [-0.3, -0.25) is 9.52 Å².